The summed E-state index contributed by atoms with van der Waals surface area (Å²) in [6, 6.07) is 8.17. The minimum Gasteiger partial charge on any atom is -0.465 e. The lowest BCUT2D eigenvalue weighted by atomic mass is 9.86. The highest BCUT2D eigenvalue weighted by Gasteiger charge is 2.40. The van der Waals surface area contributed by atoms with E-state index in [4.69, 9.17) is 4.74 Å². The Bertz CT molecular complexity index is 618. The van der Waals surface area contributed by atoms with Crippen molar-refractivity contribution in [2.24, 2.45) is 0 Å². The summed E-state index contributed by atoms with van der Waals surface area (Å²) in [5.41, 5.74) is 0.246. The SMILES string of the molecule is CC(C)(C)N(C(=O)O)[C@H]1CC[C@H](NC(=O)OCc2ccccc2)[C@@H](F)C1. The number of hydrogen-bond donors (Lipinski definition) is 2. The van der Waals surface area contributed by atoms with E-state index >= 15 is 0 Å². The molecule has 1 aliphatic rings. The first kappa shape index (κ1) is 20.0. The molecule has 1 saturated carbocycles. The molecule has 0 heterocycles. The normalized spacial score (nSPS) is 23.2. The van der Waals surface area contributed by atoms with E-state index in [2.05, 4.69) is 5.32 Å². The third-order valence-electron chi connectivity index (χ3n) is 4.55. The van der Waals surface area contributed by atoms with Crippen molar-refractivity contribution in [3.05, 3.63) is 35.9 Å². The molecule has 0 saturated heterocycles. The second-order valence-electron chi connectivity index (χ2n) is 7.62. The predicted molar refractivity (Wildman–Crippen MR) is 95.7 cm³/mol. The van der Waals surface area contributed by atoms with Gasteiger partial charge in [0.05, 0.1) is 6.04 Å². The van der Waals surface area contributed by atoms with E-state index in [1.54, 1.807) is 20.8 Å². The van der Waals surface area contributed by atoms with Gasteiger partial charge in [-0.15, -0.1) is 0 Å². The van der Waals surface area contributed by atoms with Crippen LogP contribution < -0.4 is 5.32 Å². The van der Waals surface area contributed by atoms with Crippen LogP contribution >= 0.6 is 0 Å². The number of rotatable bonds is 4. The summed E-state index contributed by atoms with van der Waals surface area (Å²) in [5.74, 6) is 0. The maximum Gasteiger partial charge on any atom is 0.407 e. The first-order valence-corrected chi connectivity index (χ1v) is 8.82. The van der Waals surface area contributed by atoms with E-state index in [0.29, 0.717) is 12.8 Å². The number of carbonyl (C=O) groups is 2. The predicted octanol–water partition coefficient (Wildman–Crippen LogP) is 3.95. The maximum atomic E-state index is 14.5. The fourth-order valence-corrected chi connectivity index (χ4v) is 3.40. The molecule has 0 bridgehead atoms. The molecule has 2 amide bonds. The molecular weight excluding hydrogens is 339 g/mol. The molecule has 0 aliphatic heterocycles. The molecule has 1 aromatic carbocycles. The van der Waals surface area contributed by atoms with E-state index in [1.807, 2.05) is 30.3 Å². The monoisotopic (exact) mass is 366 g/mol. The molecule has 2 rings (SSSR count). The van der Waals surface area contributed by atoms with Gasteiger partial charge in [-0.05, 0) is 39.2 Å². The van der Waals surface area contributed by atoms with Gasteiger partial charge in [-0.3, -0.25) is 0 Å². The quantitative estimate of drug-likeness (QED) is 0.846. The topological polar surface area (TPSA) is 78.9 Å². The van der Waals surface area contributed by atoms with Crippen molar-refractivity contribution in [2.75, 3.05) is 0 Å². The van der Waals surface area contributed by atoms with Crippen LogP contribution in [0.4, 0.5) is 14.0 Å². The molecule has 1 aliphatic carbocycles. The maximum absolute atomic E-state index is 14.5. The summed E-state index contributed by atoms with van der Waals surface area (Å²) in [6.07, 6.45) is -2.11. The standard InChI is InChI=1S/C19H27FN2O4/c1-19(2,3)22(18(24)25)14-9-10-16(15(20)11-14)21-17(23)26-12-13-7-5-4-6-8-13/h4-8,14-16H,9-12H2,1-3H3,(H,21,23)(H,24,25)/t14-,15-,16-/m0/s1. The zero-order chi connectivity index (χ0) is 19.3. The van der Waals surface area contributed by atoms with Crippen LogP contribution in [0.5, 0.6) is 0 Å². The second kappa shape index (κ2) is 8.38. The molecule has 144 valence electrons. The lowest BCUT2D eigenvalue weighted by molar-refractivity contribution is 0.0318. The Morgan fingerprint density at radius 1 is 1.27 bits per heavy atom. The van der Waals surface area contributed by atoms with Gasteiger partial charge in [-0.25, -0.2) is 14.0 Å². The van der Waals surface area contributed by atoms with Crippen molar-refractivity contribution in [1.82, 2.24) is 10.2 Å². The highest BCUT2D eigenvalue weighted by atomic mass is 19.1. The zero-order valence-electron chi connectivity index (χ0n) is 15.4. The number of benzene rings is 1. The molecule has 0 spiro atoms. The van der Waals surface area contributed by atoms with Gasteiger partial charge < -0.3 is 20.1 Å². The number of hydrogen-bond acceptors (Lipinski definition) is 3. The fourth-order valence-electron chi connectivity index (χ4n) is 3.40. The molecule has 1 aromatic rings. The van der Waals surface area contributed by atoms with Crippen molar-refractivity contribution in [3.8, 4) is 0 Å². The molecule has 7 heteroatoms. The van der Waals surface area contributed by atoms with Gasteiger partial charge in [0.15, 0.2) is 0 Å². The van der Waals surface area contributed by atoms with Gasteiger partial charge in [0, 0.05) is 18.0 Å². The minimum absolute atomic E-state index is 0.0627. The van der Waals surface area contributed by atoms with Gasteiger partial charge in [-0.2, -0.15) is 0 Å². The van der Waals surface area contributed by atoms with Gasteiger partial charge in [0.1, 0.15) is 12.8 Å². The van der Waals surface area contributed by atoms with Crippen LogP contribution in [0, 0.1) is 0 Å². The van der Waals surface area contributed by atoms with Crippen LogP contribution in [0.15, 0.2) is 30.3 Å². The highest BCUT2D eigenvalue weighted by molar-refractivity contribution is 5.68. The molecule has 2 N–H and O–H groups in total. The molecule has 1 fully saturated rings. The lowest BCUT2D eigenvalue weighted by Gasteiger charge is -2.43. The summed E-state index contributed by atoms with van der Waals surface area (Å²) in [5, 5.41) is 12.0. The number of ether oxygens (including phenoxy) is 1. The van der Waals surface area contributed by atoms with E-state index in [-0.39, 0.29) is 13.0 Å². The van der Waals surface area contributed by atoms with Crippen LogP contribution in [0.2, 0.25) is 0 Å². The molecular formula is C19H27FN2O4. The third kappa shape index (κ3) is 5.34. The van der Waals surface area contributed by atoms with E-state index in [9.17, 15) is 19.1 Å². The van der Waals surface area contributed by atoms with Crippen molar-refractivity contribution >= 4 is 12.2 Å². The summed E-state index contributed by atoms with van der Waals surface area (Å²) < 4.78 is 19.7. The summed E-state index contributed by atoms with van der Waals surface area (Å²) >= 11 is 0. The molecule has 6 nitrogen and oxygen atoms in total. The number of nitrogens with zero attached hydrogens (tertiary/aromatic N) is 1. The van der Waals surface area contributed by atoms with Crippen molar-refractivity contribution in [2.45, 2.75) is 70.4 Å². The molecule has 0 radical (unpaired) electrons. The highest BCUT2D eigenvalue weighted by Crippen LogP contribution is 2.30. The lowest BCUT2D eigenvalue weighted by Crippen LogP contribution is -2.56. The Labute approximate surface area is 153 Å². The van der Waals surface area contributed by atoms with Crippen molar-refractivity contribution in [1.29, 1.82) is 0 Å². The van der Waals surface area contributed by atoms with Gasteiger partial charge >= 0.3 is 12.2 Å². The Balaban J connectivity index is 1.86. The van der Waals surface area contributed by atoms with E-state index in [1.165, 1.54) is 4.90 Å². The largest absolute Gasteiger partial charge is 0.465 e. The van der Waals surface area contributed by atoms with Gasteiger partial charge in [0.2, 0.25) is 0 Å². The number of carboxylic acid groups (broad SMARTS) is 1. The fraction of sp³-hybridized carbons (Fsp3) is 0.579. The minimum atomic E-state index is -1.32. The average Bonchev–Trinajstić information content (AvgIpc) is 2.55. The molecule has 0 aromatic heterocycles. The number of alkyl carbamates (subject to hydrolysis) is 1. The summed E-state index contributed by atoms with van der Waals surface area (Å²) in [4.78, 5) is 24.8. The number of amides is 2. The van der Waals surface area contributed by atoms with Crippen LogP contribution in [-0.4, -0.2) is 46.0 Å². The molecule has 26 heavy (non-hydrogen) atoms. The molecule has 3 atom stereocenters. The molecule has 0 unspecified atom stereocenters. The summed E-state index contributed by atoms with van der Waals surface area (Å²) in [7, 11) is 0. The van der Waals surface area contributed by atoms with Crippen LogP contribution in [0.25, 0.3) is 0 Å². The average molecular weight is 366 g/mol. The number of alkyl halides is 1. The number of halogens is 1. The third-order valence-corrected chi connectivity index (χ3v) is 4.55. The van der Waals surface area contributed by atoms with Crippen LogP contribution in [0.3, 0.4) is 0 Å². The second-order valence-corrected chi connectivity index (χ2v) is 7.62. The van der Waals surface area contributed by atoms with E-state index in [0.717, 1.165) is 5.56 Å². The summed E-state index contributed by atoms with van der Waals surface area (Å²) in [6.45, 7) is 5.49. The Hall–Kier alpha value is -2.31. The van der Waals surface area contributed by atoms with Gasteiger partial charge in [-0.1, -0.05) is 30.3 Å². The van der Waals surface area contributed by atoms with Crippen molar-refractivity contribution in [3.63, 3.8) is 0 Å². The smallest absolute Gasteiger partial charge is 0.407 e. The van der Waals surface area contributed by atoms with E-state index < -0.39 is 36.0 Å². The van der Waals surface area contributed by atoms with Crippen LogP contribution in [0.1, 0.15) is 45.6 Å². The Morgan fingerprint density at radius 2 is 1.92 bits per heavy atom. The van der Waals surface area contributed by atoms with Gasteiger partial charge in [0.25, 0.3) is 0 Å². The van der Waals surface area contributed by atoms with Crippen molar-refractivity contribution < 1.29 is 23.8 Å². The number of nitrogens with one attached hydrogen (secondary N) is 1. The Morgan fingerprint density at radius 3 is 2.46 bits per heavy atom. The Kier molecular flexibility index (Phi) is 6.45. The first-order valence-electron chi connectivity index (χ1n) is 8.82. The van der Waals surface area contributed by atoms with Crippen LogP contribution in [-0.2, 0) is 11.3 Å². The number of carbonyl (C=O) groups excluding carboxylic acids is 1. The first-order chi connectivity index (χ1) is 12.2. The zero-order valence-corrected chi connectivity index (χ0v) is 15.4.